The molecule has 0 unspecified atom stereocenters. The topological polar surface area (TPSA) is 35.5 Å². The predicted octanol–water partition coefficient (Wildman–Crippen LogP) is 3.23. The summed E-state index contributed by atoms with van der Waals surface area (Å²) in [6, 6.07) is 8.16. The highest BCUT2D eigenvalue weighted by molar-refractivity contribution is 5.85. The van der Waals surface area contributed by atoms with Gasteiger partial charge in [-0.15, -0.1) is 24.8 Å². The number of halogens is 2. The number of phenolic OH excluding ortho intramolecular Hbond substituents is 1. The van der Waals surface area contributed by atoms with E-state index in [1.807, 2.05) is 12.1 Å². The van der Waals surface area contributed by atoms with Crippen LogP contribution < -0.4 is 5.32 Å². The van der Waals surface area contributed by atoms with Crippen molar-refractivity contribution in [2.75, 3.05) is 26.2 Å². The van der Waals surface area contributed by atoms with Crippen LogP contribution in [0.3, 0.4) is 0 Å². The standard InChI is InChI=1S/C15H24N2O.2ClH/c1-12(2)10-15(17-8-6-16-7-9-17)13-4-3-5-14(18)11-13;;/h3-5,11-12,15-16,18H,6-10H2,1-2H3;2*1H/t15-;;/m0../s1. The maximum atomic E-state index is 9.66. The third-order valence-corrected chi connectivity index (χ3v) is 3.54. The van der Waals surface area contributed by atoms with Gasteiger partial charge in [0.1, 0.15) is 5.75 Å². The predicted molar refractivity (Wildman–Crippen MR) is 89.2 cm³/mol. The molecule has 2 rings (SSSR count). The van der Waals surface area contributed by atoms with Crippen molar-refractivity contribution in [2.45, 2.75) is 26.3 Å². The minimum Gasteiger partial charge on any atom is -0.508 e. The zero-order valence-corrected chi connectivity index (χ0v) is 13.8. The highest BCUT2D eigenvalue weighted by Crippen LogP contribution is 2.29. The van der Waals surface area contributed by atoms with Crippen LogP contribution in [-0.2, 0) is 0 Å². The van der Waals surface area contributed by atoms with Crippen molar-refractivity contribution >= 4 is 24.8 Å². The zero-order valence-electron chi connectivity index (χ0n) is 12.2. The fourth-order valence-electron chi connectivity index (χ4n) is 2.67. The Morgan fingerprint density at radius 2 is 1.85 bits per heavy atom. The smallest absolute Gasteiger partial charge is 0.115 e. The lowest BCUT2D eigenvalue weighted by molar-refractivity contribution is 0.154. The van der Waals surface area contributed by atoms with Crippen molar-refractivity contribution in [1.82, 2.24) is 10.2 Å². The molecule has 0 radical (unpaired) electrons. The molecule has 0 spiro atoms. The molecule has 116 valence electrons. The van der Waals surface area contributed by atoms with Crippen molar-refractivity contribution in [2.24, 2.45) is 5.92 Å². The van der Waals surface area contributed by atoms with Crippen molar-refractivity contribution in [3.63, 3.8) is 0 Å². The van der Waals surface area contributed by atoms with Gasteiger partial charge in [-0.1, -0.05) is 26.0 Å². The summed E-state index contributed by atoms with van der Waals surface area (Å²) in [7, 11) is 0. The molecule has 0 amide bonds. The molecular formula is C15H26Cl2N2O. The van der Waals surface area contributed by atoms with Gasteiger partial charge in [-0.05, 0) is 30.0 Å². The van der Waals surface area contributed by atoms with Gasteiger partial charge in [0, 0.05) is 32.2 Å². The normalized spacial score (nSPS) is 17.1. The molecule has 1 atom stereocenters. The van der Waals surface area contributed by atoms with E-state index < -0.39 is 0 Å². The molecule has 5 heteroatoms. The molecule has 0 aromatic heterocycles. The number of hydrogen-bond acceptors (Lipinski definition) is 3. The van der Waals surface area contributed by atoms with Gasteiger partial charge in [-0.3, -0.25) is 4.90 Å². The Hall–Kier alpha value is -0.480. The van der Waals surface area contributed by atoms with E-state index in [4.69, 9.17) is 0 Å². The van der Waals surface area contributed by atoms with E-state index in [1.54, 1.807) is 6.07 Å². The van der Waals surface area contributed by atoms with Crippen LogP contribution in [0.15, 0.2) is 24.3 Å². The van der Waals surface area contributed by atoms with Gasteiger partial charge in [0.05, 0.1) is 0 Å². The largest absolute Gasteiger partial charge is 0.508 e. The van der Waals surface area contributed by atoms with Gasteiger partial charge < -0.3 is 10.4 Å². The zero-order chi connectivity index (χ0) is 13.0. The molecule has 1 fully saturated rings. The number of hydrogen-bond donors (Lipinski definition) is 2. The summed E-state index contributed by atoms with van der Waals surface area (Å²) in [5.41, 5.74) is 1.24. The molecule has 2 N–H and O–H groups in total. The van der Waals surface area contributed by atoms with E-state index in [0.29, 0.717) is 17.7 Å². The van der Waals surface area contributed by atoms with Crippen LogP contribution in [0.1, 0.15) is 31.9 Å². The van der Waals surface area contributed by atoms with E-state index >= 15 is 0 Å². The van der Waals surface area contributed by atoms with Crippen molar-refractivity contribution in [3.05, 3.63) is 29.8 Å². The van der Waals surface area contributed by atoms with Gasteiger partial charge in [-0.25, -0.2) is 0 Å². The van der Waals surface area contributed by atoms with Crippen LogP contribution in [0.5, 0.6) is 5.75 Å². The van der Waals surface area contributed by atoms with Gasteiger partial charge in [-0.2, -0.15) is 0 Å². The summed E-state index contributed by atoms with van der Waals surface area (Å²) in [5.74, 6) is 1.03. The molecule has 1 aromatic rings. The minimum absolute atomic E-state index is 0. The van der Waals surface area contributed by atoms with Crippen molar-refractivity contribution < 1.29 is 5.11 Å². The van der Waals surface area contributed by atoms with E-state index in [1.165, 1.54) is 5.56 Å². The molecule has 1 saturated heterocycles. The van der Waals surface area contributed by atoms with Gasteiger partial charge in [0.2, 0.25) is 0 Å². The third-order valence-electron chi connectivity index (χ3n) is 3.54. The maximum absolute atomic E-state index is 9.66. The molecule has 1 aliphatic rings. The van der Waals surface area contributed by atoms with Crippen LogP contribution in [-0.4, -0.2) is 36.2 Å². The van der Waals surface area contributed by atoms with E-state index in [-0.39, 0.29) is 24.8 Å². The van der Waals surface area contributed by atoms with Gasteiger partial charge >= 0.3 is 0 Å². The molecule has 1 aromatic carbocycles. The molecule has 0 aliphatic carbocycles. The molecule has 1 heterocycles. The van der Waals surface area contributed by atoms with Crippen LogP contribution in [0.25, 0.3) is 0 Å². The highest BCUT2D eigenvalue weighted by atomic mass is 35.5. The first-order valence-electron chi connectivity index (χ1n) is 6.90. The molecule has 1 aliphatic heterocycles. The number of aromatic hydroxyl groups is 1. The lowest BCUT2D eigenvalue weighted by atomic mass is 9.95. The Balaban J connectivity index is 0.00000180. The highest BCUT2D eigenvalue weighted by Gasteiger charge is 2.23. The summed E-state index contributed by atoms with van der Waals surface area (Å²) in [6.07, 6.45) is 1.14. The molecular weight excluding hydrogens is 295 g/mol. The molecule has 0 saturated carbocycles. The Bertz CT molecular complexity index is 382. The number of piperazine rings is 1. The lowest BCUT2D eigenvalue weighted by Crippen LogP contribution is -2.45. The molecule has 0 bridgehead atoms. The number of nitrogens with one attached hydrogen (secondary N) is 1. The Labute approximate surface area is 134 Å². The Morgan fingerprint density at radius 3 is 2.40 bits per heavy atom. The summed E-state index contributed by atoms with van der Waals surface area (Å²) in [6.45, 7) is 8.83. The van der Waals surface area contributed by atoms with Gasteiger partial charge in [0.15, 0.2) is 0 Å². The van der Waals surface area contributed by atoms with Crippen molar-refractivity contribution in [1.29, 1.82) is 0 Å². The quantitative estimate of drug-likeness (QED) is 0.894. The third kappa shape index (κ3) is 5.49. The fraction of sp³-hybridized carbons (Fsp3) is 0.600. The van der Waals surface area contributed by atoms with E-state index in [0.717, 1.165) is 32.6 Å². The molecule has 20 heavy (non-hydrogen) atoms. The second-order valence-electron chi connectivity index (χ2n) is 5.53. The summed E-state index contributed by atoms with van der Waals surface area (Å²) in [4.78, 5) is 2.53. The number of rotatable bonds is 4. The van der Waals surface area contributed by atoms with Crippen LogP contribution >= 0.6 is 24.8 Å². The monoisotopic (exact) mass is 320 g/mol. The average Bonchev–Trinajstić information content (AvgIpc) is 2.37. The number of nitrogens with zero attached hydrogens (tertiary/aromatic N) is 1. The number of benzene rings is 1. The van der Waals surface area contributed by atoms with E-state index in [2.05, 4.69) is 30.1 Å². The van der Waals surface area contributed by atoms with Crippen molar-refractivity contribution in [3.8, 4) is 5.75 Å². The van der Waals surface area contributed by atoms with E-state index in [9.17, 15) is 5.11 Å². The first-order chi connectivity index (χ1) is 8.66. The van der Waals surface area contributed by atoms with Crippen LogP contribution in [0.2, 0.25) is 0 Å². The Morgan fingerprint density at radius 1 is 1.20 bits per heavy atom. The second kappa shape index (κ2) is 9.46. The first kappa shape index (κ1) is 19.5. The van der Waals surface area contributed by atoms with Crippen LogP contribution in [0.4, 0.5) is 0 Å². The van der Waals surface area contributed by atoms with Gasteiger partial charge in [0.25, 0.3) is 0 Å². The summed E-state index contributed by atoms with van der Waals surface area (Å²) in [5, 5.41) is 13.1. The first-order valence-corrected chi connectivity index (χ1v) is 6.90. The fourth-order valence-corrected chi connectivity index (χ4v) is 2.67. The second-order valence-corrected chi connectivity index (χ2v) is 5.53. The Kier molecular flexibility index (Phi) is 9.23. The minimum atomic E-state index is 0. The maximum Gasteiger partial charge on any atom is 0.115 e. The van der Waals surface area contributed by atoms with Crippen LogP contribution in [0, 0.1) is 5.92 Å². The molecule has 3 nitrogen and oxygen atoms in total. The summed E-state index contributed by atoms with van der Waals surface area (Å²) >= 11 is 0. The number of phenols is 1. The lowest BCUT2D eigenvalue weighted by Gasteiger charge is -2.36. The SMILES string of the molecule is CC(C)C[C@@H](c1cccc(O)c1)N1CCNCC1.Cl.Cl. The average molecular weight is 321 g/mol. The summed E-state index contributed by atoms with van der Waals surface area (Å²) < 4.78 is 0.